The van der Waals surface area contributed by atoms with Gasteiger partial charge in [0.1, 0.15) is 17.9 Å². The predicted octanol–water partition coefficient (Wildman–Crippen LogP) is 5.19. The molecule has 12 heteroatoms. The second-order valence-corrected chi connectivity index (χ2v) is 13.6. The number of rotatable bonds is 6. The fourth-order valence-electron chi connectivity index (χ4n) is 5.38. The van der Waals surface area contributed by atoms with Gasteiger partial charge < -0.3 is 35.6 Å². The van der Waals surface area contributed by atoms with Crippen molar-refractivity contribution in [2.45, 2.75) is 96.0 Å². The van der Waals surface area contributed by atoms with Crippen LogP contribution in [0.1, 0.15) is 65.9 Å². The first-order valence-corrected chi connectivity index (χ1v) is 17.3. The average molecular weight is 684 g/mol. The van der Waals surface area contributed by atoms with Gasteiger partial charge in [-0.3, -0.25) is 14.4 Å². The van der Waals surface area contributed by atoms with Crippen molar-refractivity contribution in [3.05, 3.63) is 59.7 Å². The molecule has 262 valence electrons. The Hall–Kier alpha value is -3.87. The highest BCUT2D eigenvalue weighted by molar-refractivity contribution is 8.00. The zero-order valence-corrected chi connectivity index (χ0v) is 29.4. The lowest BCUT2D eigenvalue weighted by molar-refractivity contribution is -0.156. The summed E-state index contributed by atoms with van der Waals surface area (Å²) in [6.07, 6.45) is 11.7. The monoisotopic (exact) mass is 683 g/mol. The molecule has 2 bridgehead atoms. The third kappa shape index (κ3) is 11.4. The number of phenolic OH excluding ortho intramolecular Hbond substituents is 1. The van der Waals surface area contributed by atoms with Crippen molar-refractivity contribution in [2.24, 2.45) is 11.8 Å². The Kier molecular flexibility index (Phi) is 15.0. The molecule has 0 unspecified atom stereocenters. The van der Waals surface area contributed by atoms with E-state index in [2.05, 4.69) is 16.0 Å². The van der Waals surface area contributed by atoms with Gasteiger partial charge in [0, 0.05) is 36.3 Å². The predicted molar refractivity (Wildman–Crippen MR) is 188 cm³/mol. The molecule has 5 atom stereocenters. The number of ether oxygens (including phenoxy) is 2. The van der Waals surface area contributed by atoms with Gasteiger partial charge in [0.25, 0.3) is 0 Å². The van der Waals surface area contributed by atoms with E-state index in [4.69, 9.17) is 9.47 Å². The summed E-state index contributed by atoms with van der Waals surface area (Å²) in [4.78, 5) is 51.2. The highest BCUT2D eigenvalue weighted by Gasteiger charge is 2.30. The van der Waals surface area contributed by atoms with Crippen molar-refractivity contribution in [1.82, 2.24) is 5.32 Å². The van der Waals surface area contributed by atoms with E-state index in [9.17, 15) is 29.4 Å². The fourth-order valence-corrected chi connectivity index (χ4v) is 6.36. The first-order valence-electron chi connectivity index (χ1n) is 16.3. The number of hydrogen-bond acceptors (Lipinski definition) is 9. The summed E-state index contributed by atoms with van der Waals surface area (Å²) in [5.74, 6) is -1.63. The molecule has 1 aromatic rings. The van der Waals surface area contributed by atoms with Gasteiger partial charge in [-0.15, -0.1) is 11.8 Å². The highest BCUT2D eigenvalue weighted by atomic mass is 32.2. The van der Waals surface area contributed by atoms with Crippen LogP contribution in [0, 0.1) is 11.8 Å². The Morgan fingerprint density at radius 2 is 1.79 bits per heavy atom. The molecule has 0 saturated heterocycles. The van der Waals surface area contributed by atoms with Gasteiger partial charge in [-0.05, 0) is 44.2 Å². The van der Waals surface area contributed by atoms with Gasteiger partial charge in [0.2, 0.25) is 17.7 Å². The first kappa shape index (κ1) is 38.6. The minimum absolute atomic E-state index is 0.00918. The van der Waals surface area contributed by atoms with Crippen molar-refractivity contribution < 1.29 is 38.9 Å². The normalized spacial score (nSPS) is 23.2. The number of methoxy groups -OCH3 is 1. The molecule has 1 aromatic carbocycles. The van der Waals surface area contributed by atoms with Crippen LogP contribution in [0.3, 0.4) is 0 Å². The van der Waals surface area contributed by atoms with Crippen molar-refractivity contribution in [1.29, 1.82) is 0 Å². The Morgan fingerprint density at radius 1 is 1.08 bits per heavy atom. The summed E-state index contributed by atoms with van der Waals surface area (Å²) in [6, 6.07) is 0.701. The quantitative estimate of drug-likeness (QED) is 0.118. The lowest BCUT2D eigenvalue weighted by Gasteiger charge is -2.29. The zero-order valence-electron chi connectivity index (χ0n) is 28.6. The lowest BCUT2D eigenvalue weighted by Crippen LogP contribution is -2.43. The van der Waals surface area contributed by atoms with E-state index in [1.54, 1.807) is 50.3 Å². The molecule has 2 aliphatic rings. The third-order valence-electron chi connectivity index (χ3n) is 8.10. The molecule has 0 fully saturated rings. The molecule has 3 amide bonds. The summed E-state index contributed by atoms with van der Waals surface area (Å²) in [6.45, 7) is 9.02. The molecule has 0 aliphatic carbocycles. The molecule has 11 nitrogen and oxygen atoms in total. The zero-order chi connectivity index (χ0) is 35.4. The smallest absolute Gasteiger partial charge is 0.328 e. The Bertz CT molecular complexity index is 1450. The van der Waals surface area contributed by atoms with Crippen molar-refractivity contribution in [3.8, 4) is 5.75 Å². The van der Waals surface area contributed by atoms with E-state index >= 15 is 0 Å². The maximum absolute atomic E-state index is 13.0. The van der Waals surface area contributed by atoms with E-state index in [1.807, 2.05) is 32.9 Å². The van der Waals surface area contributed by atoms with Crippen LogP contribution in [0.5, 0.6) is 5.75 Å². The van der Waals surface area contributed by atoms with Crippen LogP contribution in [0.15, 0.2) is 59.1 Å². The molecule has 0 spiro atoms. The molecule has 0 radical (unpaired) electrons. The van der Waals surface area contributed by atoms with Gasteiger partial charge in [-0.1, -0.05) is 63.3 Å². The average Bonchev–Trinajstić information content (AvgIpc) is 3.02. The number of amides is 3. The van der Waals surface area contributed by atoms with Gasteiger partial charge in [0.15, 0.2) is 0 Å². The minimum Gasteiger partial charge on any atom is -0.505 e. The molecular weight excluding hydrogens is 634 g/mol. The number of esters is 1. The molecule has 2 heterocycles. The van der Waals surface area contributed by atoms with Crippen LogP contribution < -0.4 is 16.0 Å². The Morgan fingerprint density at radius 3 is 2.50 bits per heavy atom. The largest absolute Gasteiger partial charge is 0.505 e. The Labute approximate surface area is 287 Å². The van der Waals surface area contributed by atoms with E-state index < -0.39 is 36.2 Å². The van der Waals surface area contributed by atoms with Crippen LogP contribution in [-0.2, 0) is 35.1 Å². The van der Waals surface area contributed by atoms with E-state index in [0.717, 1.165) is 4.90 Å². The number of hydrogen-bond donors (Lipinski definition) is 5. The number of allylic oxidation sites excluding steroid dienone is 5. The van der Waals surface area contributed by atoms with Crippen molar-refractivity contribution >= 4 is 46.8 Å². The van der Waals surface area contributed by atoms with Gasteiger partial charge >= 0.3 is 5.97 Å². The molecule has 5 N–H and O–H groups in total. The first-order chi connectivity index (χ1) is 22.8. The summed E-state index contributed by atoms with van der Waals surface area (Å²) in [5.41, 5.74) is 1.92. The van der Waals surface area contributed by atoms with Crippen LogP contribution in [0.4, 0.5) is 11.4 Å². The summed E-state index contributed by atoms with van der Waals surface area (Å²) in [7, 11) is 1.50. The number of carbonyl (C=O) groups excluding carboxylic acids is 4. The summed E-state index contributed by atoms with van der Waals surface area (Å²) >= 11 is 1.32. The number of aliphatic hydroxyl groups is 1. The van der Waals surface area contributed by atoms with E-state index in [-0.39, 0.29) is 47.3 Å². The lowest BCUT2D eigenvalue weighted by atomic mass is 9.90. The SMILES string of the molecule is CO[C@H]1C=CC=CC=CC[C@H](OC(=O)[C@H](C)NC(=O)CC(C)C)[C@@H](C)[C@@H](O)C(C)=CCCc2c(O)c(cc3c2SCC(=O)N3)NC(=O)C1. The molecule has 0 aromatic heterocycles. The fraction of sp³-hybridized carbons (Fsp3) is 0.500. The summed E-state index contributed by atoms with van der Waals surface area (Å²) in [5, 5.41) is 30.9. The number of aliphatic hydroxyl groups excluding tert-OH is 1. The maximum Gasteiger partial charge on any atom is 0.328 e. The molecule has 3 rings (SSSR count). The topological polar surface area (TPSA) is 163 Å². The van der Waals surface area contributed by atoms with Crippen molar-refractivity contribution in [3.63, 3.8) is 0 Å². The number of fused-ring (bicyclic) bond motifs is 4. The second kappa shape index (κ2) is 18.6. The van der Waals surface area contributed by atoms with Crippen LogP contribution in [0.25, 0.3) is 0 Å². The standard InChI is InChI=1S/C36H49N3O8S/c1-21(2)17-30(40)37-24(5)36(45)47-29-16-11-9-7-8-10-14-25(46-6)18-31(41)38-27-19-28-35(48-20-32(42)39-28)26(34(27)44)15-12-13-22(3)33(43)23(29)4/h7-11,13-14,19,21,23-25,29,33,43-44H,12,15-18,20H2,1-6H3,(H,37,40)(H,38,41)(H,39,42)/t23-,24+,25+,29+,33+/m1/s1. The minimum atomic E-state index is -0.956. The van der Waals surface area contributed by atoms with Gasteiger partial charge in [-0.25, -0.2) is 4.79 Å². The summed E-state index contributed by atoms with van der Waals surface area (Å²) < 4.78 is 11.3. The Balaban J connectivity index is 1.92. The number of nitrogens with one attached hydrogen (secondary N) is 3. The van der Waals surface area contributed by atoms with Gasteiger partial charge in [0.05, 0.1) is 35.8 Å². The van der Waals surface area contributed by atoms with E-state index in [1.165, 1.54) is 18.9 Å². The number of benzene rings is 1. The molecular formula is C36H49N3O8S. The number of aromatic hydroxyl groups is 1. The number of thioether (sulfide) groups is 1. The number of phenols is 1. The van der Waals surface area contributed by atoms with Gasteiger partial charge in [-0.2, -0.15) is 0 Å². The molecule has 0 saturated carbocycles. The third-order valence-corrected chi connectivity index (χ3v) is 9.26. The van der Waals surface area contributed by atoms with Crippen LogP contribution in [-0.4, -0.2) is 71.1 Å². The number of anilines is 2. The molecule has 48 heavy (non-hydrogen) atoms. The van der Waals surface area contributed by atoms with E-state index in [0.29, 0.717) is 42.5 Å². The van der Waals surface area contributed by atoms with Crippen LogP contribution in [0.2, 0.25) is 0 Å². The van der Waals surface area contributed by atoms with Crippen LogP contribution >= 0.6 is 11.8 Å². The maximum atomic E-state index is 13.0. The second-order valence-electron chi connectivity index (χ2n) is 12.6. The van der Waals surface area contributed by atoms with Crippen molar-refractivity contribution in [2.75, 3.05) is 23.5 Å². The highest BCUT2D eigenvalue weighted by Crippen LogP contribution is 2.44. The number of carbonyl (C=O) groups is 4. The molecule has 2 aliphatic heterocycles.